The average Bonchev–Trinajstić information content (AvgIpc) is 2.23. The van der Waals surface area contributed by atoms with E-state index in [-0.39, 0.29) is 5.75 Å². The Morgan fingerprint density at radius 3 is 2.73 bits per heavy atom. The number of para-hydroxylation sites is 1. The number of hydrogen-bond acceptors (Lipinski definition) is 6. The fourth-order valence-corrected chi connectivity index (χ4v) is 0.852. The quantitative estimate of drug-likeness (QED) is 0.300. The van der Waals surface area contributed by atoms with Crippen molar-refractivity contribution in [2.24, 2.45) is 5.73 Å². The number of aromatic hydroxyl groups is 2. The summed E-state index contributed by atoms with van der Waals surface area (Å²) < 4.78 is 4.64. The van der Waals surface area contributed by atoms with Gasteiger partial charge in [0.1, 0.15) is 6.04 Å². The van der Waals surface area contributed by atoms with Crippen LogP contribution in [-0.2, 0) is 4.79 Å². The van der Waals surface area contributed by atoms with Crippen LogP contribution in [0.5, 0.6) is 17.2 Å². The zero-order valence-corrected chi connectivity index (χ0v) is 7.75. The maximum absolute atomic E-state index is 11.1. The Kier molecular flexibility index (Phi) is 3.48. The van der Waals surface area contributed by atoms with Crippen molar-refractivity contribution >= 4 is 5.97 Å². The minimum absolute atomic E-state index is 0.205. The summed E-state index contributed by atoms with van der Waals surface area (Å²) in [4.78, 5) is 11.1. The monoisotopic (exact) mass is 213 g/mol. The minimum atomic E-state index is -1.17. The summed E-state index contributed by atoms with van der Waals surface area (Å²) in [6, 6.07) is 2.74. The summed E-state index contributed by atoms with van der Waals surface area (Å²) in [5.74, 6) is -2.05. The fraction of sp³-hybridized carbons (Fsp3) is 0.222. The fourth-order valence-electron chi connectivity index (χ4n) is 0.852. The topological polar surface area (TPSA) is 113 Å². The number of hydrogen-bond donors (Lipinski definition) is 4. The molecule has 15 heavy (non-hydrogen) atoms. The van der Waals surface area contributed by atoms with Gasteiger partial charge >= 0.3 is 5.97 Å². The highest BCUT2D eigenvalue weighted by molar-refractivity contribution is 5.79. The lowest BCUT2D eigenvalue weighted by molar-refractivity contribution is -0.136. The molecule has 0 heterocycles. The molecule has 1 aromatic rings. The summed E-state index contributed by atoms with van der Waals surface area (Å²) in [6.07, 6.45) is 0. The van der Waals surface area contributed by atoms with Gasteiger partial charge in [-0.25, -0.2) is 4.79 Å². The molecular formula is C9H11NO5. The lowest BCUT2D eigenvalue weighted by atomic mass is 10.3. The van der Waals surface area contributed by atoms with Gasteiger partial charge in [0.2, 0.25) is 5.75 Å². The van der Waals surface area contributed by atoms with Crippen LogP contribution in [0.25, 0.3) is 0 Å². The summed E-state index contributed by atoms with van der Waals surface area (Å²) in [5.41, 5.74) is 5.18. The van der Waals surface area contributed by atoms with Crippen LogP contribution in [0.4, 0.5) is 0 Å². The first kappa shape index (κ1) is 11.3. The van der Waals surface area contributed by atoms with E-state index < -0.39 is 30.1 Å². The van der Waals surface area contributed by atoms with Crippen molar-refractivity contribution in [3.63, 3.8) is 0 Å². The van der Waals surface area contributed by atoms with E-state index in [1.165, 1.54) is 18.2 Å². The second-order valence-corrected chi connectivity index (χ2v) is 2.83. The SMILES string of the molecule is N[C@@H](CO)C(=O)Oc1cccc(O)c1O. The van der Waals surface area contributed by atoms with Gasteiger partial charge in [-0.1, -0.05) is 6.07 Å². The Labute approximate surface area is 85.5 Å². The Morgan fingerprint density at radius 2 is 2.13 bits per heavy atom. The zero-order chi connectivity index (χ0) is 11.4. The van der Waals surface area contributed by atoms with Crippen molar-refractivity contribution in [1.82, 2.24) is 0 Å². The van der Waals surface area contributed by atoms with Crippen LogP contribution in [0.2, 0.25) is 0 Å². The van der Waals surface area contributed by atoms with E-state index in [2.05, 4.69) is 4.74 Å². The Morgan fingerprint density at radius 1 is 1.47 bits per heavy atom. The largest absolute Gasteiger partial charge is 0.504 e. The lowest BCUT2D eigenvalue weighted by Crippen LogP contribution is -2.37. The third-order valence-corrected chi connectivity index (χ3v) is 1.69. The molecule has 0 radical (unpaired) electrons. The third-order valence-electron chi connectivity index (χ3n) is 1.69. The van der Waals surface area contributed by atoms with Gasteiger partial charge in [-0.05, 0) is 12.1 Å². The van der Waals surface area contributed by atoms with Crippen LogP contribution in [-0.4, -0.2) is 33.9 Å². The molecule has 0 unspecified atom stereocenters. The highest BCUT2D eigenvalue weighted by Crippen LogP contribution is 2.34. The van der Waals surface area contributed by atoms with Crippen molar-refractivity contribution in [3.8, 4) is 17.2 Å². The van der Waals surface area contributed by atoms with Crippen LogP contribution in [0.3, 0.4) is 0 Å². The summed E-state index contributed by atoms with van der Waals surface area (Å²) in [6.45, 7) is -0.557. The molecule has 1 aromatic carbocycles. The molecule has 6 heteroatoms. The second-order valence-electron chi connectivity index (χ2n) is 2.83. The second kappa shape index (κ2) is 4.63. The van der Waals surface area contributed by atoms with Gasteiger partial charge in [-0.15, -0.1) is 0 Å². The van der Waals surface area contributed by atoms with Gasteiger partial charge in [0.25, 0.3) is 0 Å². The van der Waals surface area contributed by atoms with Crippen molar-refractivity contribution in [1.29, 1.82) is 0 Å². The van der Waals surface area contributed by atoms with Gasteiger partial charge in [-0.3, -0.25) is 0 Å². The van der Waals surface area contributed by atoms with Crippen molar-refractivity contribution in [3.05, 3.63) is 18.2 Å². The first-order chi connectivity index (χ1) is 7.06. The number of ether oxygens (including phenoxy) is 1. The van der Waals surface area contributed by atoms with Gasteiger partial charge < -0.3 is 25.8 Å². The predicted molar refractivity (Wildman–Crippen MR) is 50.5 cm³/mol. The summed E-state index contributed by atoms with van der Waals surface area (Å²) in [7, 11) is 0. The van der Waals surface area contributed by atoms with Crippen LogP contribution in [0, 0.1) is 0 Å². The number of phenolic OH excluding ortho intramolecular Hbond substituents is 2. The number of nitrogens with two attached hydrogens (primary N) is 1. The summed E-state index contributed by atoms with van der Waals surface area (Å²) >= 11 is 0. The number of carbonyl (C=O) groups excluding carboxylic acids is 1. The minimum Gasteiger partial charge on any atom is -0.504 e. The third kappa shape index (κ3) is 2.58. The van der Waals surface area contributed by atoms with Crippen molar-refractivity contribution in [2.75, 3.05) is 6.61 Å². The maximum atomic E-state index is 11.1. The van der Waals surface area contributed by atoms with Crippen LogP contribution in [0.15, 0.2) is 18.2 Å². The Bertz CT molecular complexity index is 366. The van der Waals surface area contributed by atoms with Crippen molar-refractivity contribution in [2.45, 2.75) is 6.04 Å². The van der Waals surface area contributed by atoms with E-state index >= 15 is 0 Å². The van der Waals surface area contributed by atoms with E-state index in [1.807, 2.05) is 0 Å². The molecule has 0 amide bonds. The van der Waals surface area contributed by atoms with E-state index in [0.29, 0.717) is 0 Å². The van der Waals surface area contributed by atoms with Crippen LogP contribution >= 0.6 is 0 Å². The number of aliphatic hydroxyl groups excluding tert-OH is 1. The number of rotatable bonds is 3. The van der Waals surface area contributed by atoms with Gasteiger partial charge in [0.05, 0.1) is 6.61 Å². The summed E-state index contributed by atoms with van der Waals surface area (Å²) in [5, 5.41) is 26.9. The molecule has 1 atom stereocenters. The van der Waals surface area contributed by atoms with Gasteiger partial charge in [0.15, 0.2) is 11.5 Å². The normalized spacial score (nSPS) is 12.1. The number of benzene rings is 1. The number of esters is 1. The van der Waals surface area contributed by atoms with Gasteiger partial charge in [0, 0.05) is 0 Å². The highest BCUT2D eigenvalue weighted by atomic mass is 16.5. The molecular weight excluding hydrogens is 202 g/mol. The first-order valence-corrected chi connectivity index (χ1v) is 4.15. The molecule has 0 saturated heterocycles. The van der Waals surface area contributed by atoms with E-state index in [0.717, 1.165) is 0 Å². The molecule has 0 fully saturated rings. The zero-order valence-electron chi connectivity index (χ0n) is 7.75. The van der Waals surface area contributed by atoms with E-state index in [1.54, 1.807) is 0 Å². The molecule has 0 aliphatic carbocycles. The molecule has 5 N–H and O–H groups in total. The number of phenols is 2. The molecule has 0 aliphatic heterocycles. The standard InChI is InChI=1S/C9H11NO5/c10-5(4-11)9(14)15-7-3-1-2-6(12)8(7)13/h1-3,5,11-13H,4,10H2/t5-/m0/s1. The van der Waals surface area contributed by atoms with E-state index in [4.69, 9.17) is 15.9 Å². The number of aliphatic hydroxyl groups is 1. The first-order valence-electron chi connectivity index (χ1n) is 4.15. The molecule has 0 aromatic heterocycles. The predicted octanol–water partition coefficient (Wildman–Crippen LogP) is -0.677. The average molecular weight is 213 g/mol. The number of carbonyl (C=O) groups is 1. The molecule has 0 saturated carbocycles. The van der Waals surface area contributed by atoms with Crippen LogP contribution in [0.1, 0.15) is 0 Å². The molecule has 0 bridgehead atoms. The van der Waals surface area contributed by atoms with Crippen LogP contribution < -0.4 is 10.5 Å². The molecule has 0 spiro atoms. The van der Waals surface area contributed by atoms with E-state index in [9.17, 15) is 9.90 Å². The lowest BCUT2D eigenvalue weighted by Gasteiger charge is -2.09. The maximum Gasteiger partial charge on any atom is 0.330 e. The van der Waals surface area contributed by atoms with Gasteiger partial charge in [-0.2, -0.15) is 0 Å². The molecule has 0 aliphatic rings. The molecule has 1 rings (SSSR count). The van der Waals surface area contributed by atoms with Crippen molar-refractivity contribution < 1.29 is 24.9 Å². The Hall–Kier alpha value is -1.79. The molecule has 6 nitrogen and oxygen atoms in total. The smallest absolute Gasteiger partial charge is 0.330 e. The molecule has 82 valence electrons. The highest BCUT2D eigenvalue weighted by Gasteiger charge is 2.17. The Balaban J connectivity index is 2.81.